The first-order valence-electron chi connectivity index (χ1n) is 4.05. The van der Waals surface area contributed by atoms with Crippen LogP contribution < -0.4 is 0 Å². The van der Waals surface area contributed by atoms with Crippen molar-refractivity contribution >= 4 is 7.48 Å². The summed E-state index contributed by atoms with van der Waals surface area (Å²) in [6.07, 6.45) is -1.68. The molecule has 1 rings (SSSR count). The summed E-state index contributed by atoms with van der Waals surface area (Å²) in [5, 5.41) is 8.70. The smallest absolute Gasteiger partial charge is 0.453 e. The first kappa shape index (κ1) is 10.6. The highest BCUT2D eigenvalue weighted by molar-refractivity contribution is 6.28. The molecular weight excluding hydrogens is 184 g/mol. The summed E-state index contributed by atoms with van der Waals surface area (Å²) in [6.45, 7) is 0. The quantitative estimate of drug-likeness (QED) is 0.531. The van der Waals surface area contributed by atoms with Crippen molar-refractivity contribution in [2.75, 3.05) is 0 Å². The van der Waals surface area contributed by atoms with Crippen LogP contribution in [0.2, 0.25) is 5.82 Å². The van der Waals surface area contributed by atoms with E-state index in [1.54, 1.807) is 6.08 Å². The van der Waals surface area contributed by atoms with E-state index >= 15 is 0 Å². The molecule has 0 spiro atoms. The van der Waals surface area contributed by atoms with E-state index < -0.39 is 12.5 Å². The van der Waals surface area contributed by atoms with Crippen LogP contribution in [-0.4, -0.2) is 25.0 Å². The molecule has 0 aromatic heterocycles. The molecule has 1 aliphatic carbocycles. The maximum atomic E-state index is 11.7. The minimum Gasteiger partial charge on any atom is -0.453 e. The average Bonchev–Trinajstić information content (AvgIpc) is 2.03. The third-order valence-corrected chi connectivity index (χ3v) is 1.94. The Labute approximate surface area is 74.7 Å². The molecule has 0 aliphatic heterocycles. The lowest BCUT2D eigenvalue weighted by Gasteiger charge is -2.22. The lowest BCUT2D eigenvalue weighted by molar-refractivity contribution is -0.337. The lowest BCUT2D eigenvalue weighted by atomic mass is 9.74. The van der Waals surface area contributed by atoms with Crippen molar-refractivity contribution in [1.82, 2.24) is 0 Å². The van der Waals surface area contributed by atoms with Gasteiger partial charge in [-0.25, -0.2) is 0 Å². The van der Waals surface area contributed by atoms with E-state index in [2.05, 4.69) is 4.74 Å². The summed E-state index contributed by atoms with van der Waals surface area (Å²) in [5.74, 6) is -0.0203. The fourth-order valence-electron chi connectivity index (χ4n) is 1.27. The van der Waals surface area contributed by atoms with Gasteiger partial charge in [0.25, 0.3) is 7.48 Å². The van der Waals surface area contributed by atoms with E-state index in [0.717, 1.165) is 0 Å². The van der Waals surface area contributed by atoms with E-state index in [0.29, 0.717) is 12.8 Å². The highest BCUT2D eigenvalue weighted by atomic mass is 19.4. The number of allylic oxidation sites excluding steroid dienone is 1. The Balaban J connectivity index is 2.40. The Hall–Kier alpha value is -0.485. The number of rotatable bonds is 2. The van der Waals surface area contributed by atoms with Crippen LogP contribution in [0, 0.1) is 0 Å². The first-order chi connectivity index (χ1) is 6.01. The molecule has 74 valence electrons. The van der Waals surface area contributed by atoms with Gasteiger partial charge in [0.2, 0.25) is 0 Å². The van der Waals surface area contributed by atoms with Gasteiger partial charge in [-0.1, -0.05) is 12.2 Å². The van der Waals surface area contributed by atoms with Gasteiger partial charge in [0, 0.05) is 0 Å². The van der Waals surface area contributed by atoms with Gasteiger partial charge in [-0.15, -0.1) is 13.2 Å². The second kappa shape index (κ2) is 4.15. The van der Waals surface area contributed by atoms with Crippen LogP contribution in [0.3, 0.4) is 0 Å². The number of ether oxygens (including phenoxy) is 1. The third kappa shape index (κ3) is 3.82. The summed E-state index contributed by atoms with van der Waals surface area (Å²) in [6, 6.07) is 0. The summed E-state index contributed by atoms with van der Waals surface area (Å²) in [7, 11) is -0.0186. The normalized spacial score (nSPS) is 28.9. The molecule has 0 aromatic carbocycles. The highest BCUT2D eigenvalue weighted by Crippen LogP contribution is 2.27. The molecule has 0 fully saturated rings. The maximum Gasteiger partial charge on any atom is 0.523 e. The summed E-state index contributed by atoms with van der Waals surface area (Å²) < 4.78 is 38.9. The van der Waals surface area contributed by atoms with Gasteiger partial charge in [0.15, 0.2) is 0 Å². The number of hydrogen-bond donors (Lipinski definition) is 1. The fourth-order valence-corrected chi connectivity index (χ4v) is 1.27. The predicted molar refractivity (Wildman–Crippen MR) is 42.4 cm³/mol. The van der Waals surface area contributed by atoms with Crippen LogP contribution >= 0.6 is 0 Å². The van der Waals surface area contributed by atoms with Gasteiger partial charge in [0.05, 0.1) is 6.10 Å². The summed E-state index contributed by atoms with van der Waals surface area (Å²) in [4.78, 5) is 0. The number of alkyl halides is 3. The van der Waals surface area contributed by atoms with Gasteiger partial charge < -0.3 is 5.02 Å². The fraction of sp³-hybridized carbons (Fsp3) is 0.714. The van der Waals surface area contributed by atoms with Crippen LogP contribution in [0.15, 0.2) is 12.2 Å². The van der Waals surface area contributed by atoms with E-state index in [4.69, 9.17) is 5.02 Å². The monoisotopic (exact) mass is 194 g/mol. The van der Waals surface area contributed by atoms with Crippen LogP contribution in [0.25, 0.3) is 0 Å². The second-order valence-corrected chi connectivity index (χ2v) is 3.01. The highest BCUT2D eigenvalue weighted by Gasteiger charge is 2.33. The van der Waals surface area contributed by atoms with E-state index in [1.807, 2.05) is 0 Å². The zero-order valence-electron chi connectivity index (χ0n) is 6.92. The molecular formula is C7H10BF3O2. The topological polar surface area (TPSA) is 29.5 Å². The third-order valence-electron chi connectivity index (χ3n) is 1.94. The van der Waals surface area contributed by atoms with Gasteiger partial charge in [-0.2, -0.15) is 0 Å². The van der Waals surface area contributed by atoms with Crippen molar-refractivity contribution in [2.24, 2.45) is 0 Å². The van der Waals surface area contributed by atoms with E-state index in [1.165, 1.54) is 6.08 Å². The molecule has 2 atom stereocenters. The lowest BCUT2D eigenvalue weighted by Crippen LogP contribution is -2.25. The molecule has 2 nitrogen and oxygen atoms in total. The molecule has 6 heteroatoms. The number of halogens is 3. The summed E-state index contributed by atoms with van der Waals surface area (Å²) in [5.41, 5.74) is 0. The van der Waals surface area contributed by atoms with Crippen LogP contribution in [-0.2, 0) is 4.74 Å². The minimum atomic E-state index is -4.57. The predicted octanol–water partition coefficient (Wildman–Crippen LogP) is 1.37. The van der Waals surface area contributed by atoms with Crippen LogP contribution in [0.4, 0.5) is 13.2 Å². The number of hydrogen-bond acceptors (Lipinski definition) is 2. The van der Waals surface area contributed by atoms with Crippen molar-refractivity contribution in [3.05, 3.63) is 12.2 Å². The van der Waals surface area contributed by atoms with E-state index in [-0.39, 0.29) is 13.3 Å². The van der Waals surface area contributed by atoms with Gasteiger partial charge in [0.1, 0.15) is 0 Å². The molecule has 0 bridgehead atoms. The Morgan fingerprint density at radius 1 is 1.31 bits per heavy atom. The Morgan fingerprint density at radius 3 is 2.38 bits per heavy atom. The zero-order valence-corrected chi connectivity index (χ0v) is 6.92. The van der Waals surface area contributed by atoms with Gasteiger partial charge >= 0.3 is 6.36 Å². The van der Waals surface area contributed by atoms with Crippen molar-refractivity contribution in [3.63, 3.8) is 0 Å². The molecule has 0 radical (unpaired) electrons. The average molecular weight is 194 g/mol. The van der Waals surface area contributed by atoms with Crippen molar-refractivity contribution in [1.29, 1.82) is 0 Å². The van der Waals surface area contributed by atoms with Gasteiger partial charge in [-0.05, 0) is 18.7 Å². The molecule has 0 unspecified atom stereocenters. The second-order valence-electron chi connectivity index (χ2n) is 3.01. The minimum absolute atomic E-state index is 0.0186. The molecule has 1 N–H and O–H groups in total. The van der Waals surface area contributed by atoms with Crippen LogP contribution in [0.5, 0.6) is 0 Å². The van der Waals surface area contributed by atoms with Crippen LogP contribution in [0.1, 0.15) is 12.8 Å². The standard InChI is InChI=1S/C7H10BF3O2/c9-7(10,11)13-6-3-1-5(8-12)2-4-6/h1,3,5-6,8,12H,2,4H2/t5-,6+/m0/s1. The first-order valence-corrected chi connectivity index (χ1v) is 4.05. The SMILES string of the molecule is OB[C@H]1C=C[C@@H](OC(F)(F)F)CC1. The molecule has 0 saturated heterocycles. The van der Waals surface area contributed by atoms with Crippen molar-refractivity contribution in [3.8, 4) is 0 Å². The Bertz CT molecular complexity index is 193. The summed E-state index contributed by atoms with van der Waals surface area (Å²) >= 11 is 0. The Morgan fingerprint density at radius 2 is 2.00 bits per heavy atom. The molecule has 0 heterocycles. The van der Waals surface area contributed by atoms with Crippen molar-refractivity contribution < 1.29 is 22.9 Å². The molecule has 13 heavy (non-hydrogen) atoms. The maximum absolute atomic E-state index is 11.7. The molecule has 0 saturated carbocycles. The molecule has 1 aliphatic rings. The zero-order chi connectivity index (χ0) is 9.90. The van der Waals surface area contributed by atoms with E-state index in [9.17, 15) is 13.2 Å². The molecule has 0 aromatic rings. The Kier molecular flexibility index (Phi) is 3.38. The largest absolute Gasteiger partial charge is 0.523 e. The molecule has 0 amide bonds. The van der Waals surface area contributed by atoms with Gasteiger partial charge in [-0.3, -0.25) is 4.74 Å². The van der Waals surface area contributed by atoms with Crippen molar-refractivity contribution in [2.45, 2.75) is 31.1 Å².